The van der Waals surface area contributed by atoms with Crippen molar-refractivity contribution in [2.24, 2.45) is 5.92 Å². The van der Waals surface area contributed by atoms with Gasteiger partial charge in [0.15, 0.2) is 0 Å². The van der Waals surface area contributed by atoms with Crippen LogP contribution in [0.2, 0.25) is 0 Å². The van der Waals surface area contributed by atoms with Gasteiger partial charge in [-0.1, -0.05) is 13.0 Å². The number of amides is 2. The highest BCUT2D eigenvalue weighted by molar-refractivity contribution is 5.99. The van der Waals surface area contributed by atoms with Gasteiger partial charge in [-0.3, -0.25) is 14.4 Å². The van der Waals surface area contributed by atoms with Gasteiger partial charge in [-0.05, 0) is 18.2 Å². The summed E-state index contributed by atoms with van der Waals surface area (Å²) in [7, 11) is 1.50. The van der Waals surface area contributed by atoms with Crippen LogP contribution in [0.25, 0.3) is 0 Å². The zero-order chi connectivity index (χ0) is 14.4. The van der Waals surface area contributed by atoms with Crippen LogP contribution in [0.4, 0.5) is 0 Å². The highest BCUT2D eigenvalue weighted by Gasteiger charge is 2.14. The molecule has 0 heterocycles. The van der Waals surface area contributed by atoms with E-state index in [0.29, 0.717) is 11.1 Å². The van der Waals surface area contributed by atoms with Crippen molar-refractivity contribution in [2.75, 3.05) is 13.6 Å². The number of rotatable bonds is 5. The van der Waals surface area contributed by atoms with E-state index in [0.717, 1.165) is 0 Å². The lowest BCUT2D eigenvalue weighted by Crippen LogP contribution is -2.31. The van der Waals surface area contributed by atoms with E-state index in [1.165, 1.54) is 20.0 Å². The first-order chi connectivity index (χ1) is 8.95. The monoisotopic (exact) mass is 264 g/mol. The number of carboxylic acid groups (broad SMARTS) is 1. The molecule has 1 unspecified atom stereocenters. The molecule has 0 bridgehead atoms. The Kier molecular flexibility index (Phi) is 5.05. The molecule has 0 saturated heterocycles. The molecule has 6 heteroatoms. The Morgan fingerprint density at radius 2 is 1.79 bits per heavy atom. The van der Waals surface area contributed by atoms with E-state index in [1.54, 1.807) is 18.2 Å². The van der Waals surface area contributed by atoms with Gasteiger partial charge in [0.1, 0.15) is 0 Å². The van der Waals surface area contributed by atoms with Crippen LogP contribution in [-0.4, -0.2) is 36.5 Å². The third kappa shape index (κ3) is 4.09. The van der Waals surface area contributed by atoms with Crippen LogP contribution >= 0.6 is 0 Å². The van der Waals surface area contributed by atoms with Crippen molar-refractivity contribution in [2.45, 2.75) is 6.92 Å². The highest BCUT2D eigenvalue weighted by atomic mass is 16.4. The third-order valence-electron chi connectivity index (χ3n) is 2.60. The number of carbonyl (C=O) groups excluding carboxylic acids is 2. The van der Waals surface area contributed by atoms with Gasteiger partial charge >= 0.3 is 5.97 Å². The molecule has 0 aliphatic heterocycles. The molecule has 3 N–H and O–H groups in total. The lowest BCUT2D eigenvalue weighted by molar-refractivity contribution is -0.140. The molecular formula is C13H16N2O4. The first-order valence-electron chi connectivity index (χ1n) is 5.79. The van der Waals surface area contributed by atoms with Crippen LogP contribution in [0.15, 0.2) is 24.3 Å². The maximum absolute atomic E-state index is 11.8. The van der Waals surface area contributed by atoms with Crippen molar-refractivity contribution in [3.8, 4) is 0 Å². The summed E-state index contributed by atoms with van der Waals surface area (Å²) >= 11 is 0. The van der Waals surface area contributed by atoms with Gasteiger partial charge in [0.05, 0.1) is 5.92 Å². The number of hydrogen-bond acceptors (Lipinski definition) is 3. The first-order valence-corrected chi connectivity index (χ1v) is 5.79. The number of carbonyl (C=O) groups is 3. The molecule has 0 saturated carbocycles. The fourth-order valence-corrected chi connectivity index (χ4v) is 1.38. The van der Waals surface area contributed by atoms with Gasteiger partial charge in [-0.25, -0.2) is 0 Å². The normalized spacial score (nSPS) is 11.5. The second-order valence-electron chi connectivity index (χ2n) is 4.11. The van der Waals surface area contributed by atoms with Crippen LogP contribution in [0.5, 0.6) is 0 Å². The Balaban J connectivity index is 2.72. The van der Waals surface area contributed by atoms with Crippen LogP contribution in [0, 0.1) is 5.92 Å². The van der Waals surface area contributed by atoms with Crippen molar-refractivity contribution in [1.82, 2.24) is 10.6 Å². The molecule has 6 nitrogen and oxygen atoms in total. The fraction of sp³-hybridized carbons (Fsp3) is 0.308. The average Bonchev–Trinajstić information content (AvgIpc) is 2.43. The second-order valence-corrected chi connectivity index (χ2v) is 4.11. The molecule has 2 amide bonds. The number of nitrogens with one attached hydrogen (secondary N) is 2. The summed E-state index contributed by atoms with van der Waals surface area (Å²) in [5.74, 6) is -2.32. The number of aliphatic carboxylic acids is 1. The Labute approximate surface area is 110 Å². The second kappa shape index (κ2) is 6.53. The maximum Gasteiger partial charge on any atom is 0.308 e. The van der Waals surface area contributed by atoms with Crippen molar-refractivity contribution in [3.63, 3.8) is 0 Å². The first kappa shape index (κ1) is 14.7. The van der Waals surface area contributed by atoms with Crippen LogP contribution in [-0.2, 0) is 4.79 Å². The van der Waals surface area contributed by atoms with Gasteiger partial charge in [-0.2, -0.15) is 0 Å². The maximum atomic E-state index is 11.8. The number of benzene rings is 1. The molecule has 0 spiro atoms. The van der Waals surface area contributed by atoms with Gasteiger partial charge in [0.2, 0.25) is 0 Å². The highest BCUT2D eigenvalue weighted by Crippen LogP contribution is 2.05. The Morgan fingerprint density at radius 1 is 1.21 bits per heavy atom. The minimum atomic E-state index is -0.973. The summed E-state index contributed by atoms with van der Waals surface area (Å²) in [6.45, 7) is 1.54. The van der Waals surface area contributed by atoms with E-state index in [-0.39, 0.29) is 12.5 Å². The van der Waals surface area contributed by atoms with Gasteiger partial charge in [0.25, 0.3) is 11.8 Å². The summed E-state index contributed by atoms with van der Waals surface area (Å²) in [6, 6.07) is 6.21. The molecule has 1 atom stereocenters. The van der Waals surface area contributed by atoms with Crippen LogP contribution in [0.3, 0.4) is 0 Å². The van der Waals surface area contributed by atoms with Crippen molar-refractivity contribution in [3.05, 3.63) is 35.4 Å². The predicted octanol–water partition coefficient (Wildman–Crippen LogP) is 0.497. The third-order valence-corrected chi connectivity index (χ3v) is 2.60. The topological polar surface area (TPSA) is 95.5 Å². The Hall–Kier alpha value is -2.37. The van der Waals surface area contributed by atoms with E-state index < -0.39 is 17.8 Å². The van der Waals surface area contributed by atoms with E-state index in [9.17, 15) is 14.4 Å². The average molecular weight is 264 g/mol. The Bertz CT molecular complexity index is 499. The van der Waals surface area contributed by atoms with Crippen molar-refractivity contribution in [1.29, 1.82) is 0 Å². The summed E-state index contributed by atoms with van der Waals surface area (Å²) in [6.07, 6.45) is 0. The van der Waals surface area contributed by atoms with Gasteiger partial charge < -0.3 is 15.7 Å². The van der Waals surface area contributed by atoms with Gasteiger partial charge in [-0.15, -0.1) is 0 Å². The molecule has 0 radical (unpaired) electrons. The van der Waals surface area contributed by atoms with Crippen molar-refractivity contribution >= 4 is 17.8 Å². The molecule has 1 rings (SSSR count). The van der Waals surface area contributed by atoms with E-state index in [2.05, 4.69) is 10.6 Å². The van der Waals surface area contributed by atoms with Crippen molar-refractivity contribution < 1.29 is 19.5 Å². The van der Waals surface area contributed by atoms with Gasteiger partial charge in [0, 0.05) is 24.7 Å². The molecular weight excluding hydrogens is 248 g/mol. The molecule has 102 valence electrons. The van der Waals surface area contributed by atoms with E-state index in [1.807, 2.05) is 0 Å². The molecule has 1 aromatic rings. The minimum Gasteiger partial charge on any atom is -0.481 e. The molecule has 0 aliphatic carbocycles. The summed E-state index contributed by atoms with van der Waals surface area (Å²) in [5.41, 5.74) is 0.695. The van der Waals surface area contributed by atoms with Crippen LogP contribution < -0.4 is 10.6 Å². The minimum absolute atomic E-state index is 0.0400. The SMILES string of the molecule is CNC(=O)c1cccc(C(=O)NCC(C)C(=O)O)c1. The zero-order valence-corrected chi connectivity index (χ0v) is 10.8. The predicted molar refractivity (Wildman–Crippen MR) is 69.0 cm³/mol. The van der Waals surface area contributed by atoms with E-state index in [4.69, 9.17) is 5.11 Å². The fourth-order valence-electron chi connectivity index (χ4n) is 1.38. The van der Waals surface area contributed by atoms with Crippen LogP contribution in [0.1, 0.15) is 27.6 Å². The lowest BCUT2D eigenvalue weighted by Gasteiger charge is -2.09. The zero-order valence-electron chi connectivity index (χ0n) is 10.8. The standard InChI is InChI=1S/C13H16N2O4/c1-8(13(18)19)7-15-12(17)10-5-3-4-9(6-10)11(16)14-2/h3-6,8H,7H2,1-2H3,(H,14,16)(H,15,17)(H,18,19). The quantitative estimate of drug-likeness (QED) is 0.721. The largest absolute Gasteiger partial charge is 0.481 e. The molecule has 19 heavy (non-hydrogen) atoms. The summed E-state index contributed by atoms with van der Waals surface area (Å²) in [4.78, 5) is 33.8. The smallest absolute Gasteiger partial charge is 0.308 e. The summed E-state index contributed by atoms with van der Waals surface area (Å²) in [5, 5.41) is 13.7. The summed E-state index contributed by atoms with van der Waals surface area (Å²) < 4.78 is 0. The van der Waals surface area contributed by atoms with E-state index >= 15 is 0 Å². The number of hydrogen-bond donors (Lipinski definition) is 3. The molecule has 0 aliphatic rings. The Morgan fingerprint density at radius 3 is 2.32 bits per heavy atom. The lowest BCUT2D eigenvalue weighted by atomic mass is 10.1. The molecule has 0 fully saturated rings. The number of carboxylic acids is 1. The molecule has 0 aromatic heterocycles. The molecule has 1 aromatic carbocycles.